The number of methoxy groups -OCH3 is 1. The average Bonchev–Trinajstić information content (AvgIpc) is 2.24. The van der Waals surface area contributed by atoms with Crippen LogP contribution in [0.3, 0.4) is 0 Å². The zero-order valence-electron chi connectivity index (χ0n) is 9.10. The van der Waals surface area contributed by atoms with E-state index in [1.54, 1.807) is 13.0 Å². The van der Waals surface area contributed by atoms with Gasteiger partial charge in [0.25, 0.3) is 0 Å². The van der Waals surface area contributed by atoms with E-state index in [-0.39, 0.29) is 10.9 Å². The van der Waals surface area contributed by atoms with Gasteiger partial charge in [0.05, 0.1) is 12.1 Å². The summed E-state index contributed by atoms with van der Waals surface area (Å²) < 4.78 is 18.7. The predicted molar refractivity (Wildman–Crippen MR) is 60.2 cm³/mol. The summed E-state index contributed by atoms with van der Waals surface area (Å²) in [7, 11) is 1.52. The van der Waals surface area contributed by atoms with E-state index in [1.807, 2.05) is 6.92 Å². The summed E-state index contributed by atoms with van der Waals surface area (Å²) in [6, 6.07) is 1.58. The maximum absolute atomic E-state index is 13.5. The van der Waals surface area contributed by atoms with Gasteiger partial charge >= 0.3 is 0 Å². The van der Waals surface area contributed by atoms with Gasteiger partial charge in [0.2, 0.25) is 0 Å². The second-order valence-corrected chi connectivity index (χ2v) is 3.96. The second kappa shape index (κ2) is 4.81. The minimum Gasteiger partial charge on any atom is -0.496 e. The molecule has 0 fully saturated rings. The molecule has 0 bridgehead atoms. The van der Waals surface area contributed by atoms with Crippen molar-refractivity contribution in [1.29, 1.82) is 0 Å². The molecule has 0 aliphatic heterocycles. The molecule has 0 saturated carbocycles. The summed E-state index contributed by atoms with van der Waals surface area (Å²) in [5.41, 5.74) is 6.86. The lowest BCUT2D eigenvalue weighted by Crippen LogP contribution is -2.11. The largest absolute Gasteiger partial charge is 0.496 e. The molecule has 1 aromatic carbocycles. The normalized spacial score (nSPS) is 12.7. The van der Waals surface area contributed by atoms with E-state index < -0.39 is 5.82 Å². The second-order valence-electron chi connectivity index (χ2n) is 3.56. The summed E-state index contributed by atoms with van der Waals surface area (Å²) >= 11 is 5.78. The van der Waals surface area contributed by atoms with Crippen LogP contribution in [-0.4, -0.2) is 13.7 Å². The molecule has 2 nitrogen and oxygen atoms in total. The monoisotopic (exact) mass is 231 g/mol. The average molecular weight is 232 g/mol. The van der Waals surface area contributed by atoms with Gasteiger partial charge in [-0.15, -0.1) is 0 Å². The Morgan fingerprint density at radius 2 is 2.20 bits per heavy atom. The van der Waals surface area contributed by atoms with Crippen LogP contribution in [-0.2, 0) is 0 Å². The van der Waals surface area contributed by atoms with Crippen LogP contribution in [0.5, 0.6) is 5.75 Å². The highest BCUT2D eigenvalue weighted by molar-refractivity contribution is 6.31. The summed E-state index contributed by atoms with van der Waals surface area (Å²) in [5.74, 6) is 0.202. The van der Waals surface area contributed by atoms with Gasteiger partial charge in [-0.05, 0) is 25.5 Å². The minimum atomic E-state index is -0.429. The van der Waals surface area contributed by atoms with Crippen LogP contribution in [0.15, 0.2) is 6.07 Å². The van der Waals surface area contributed by atoms with Gasteiger partial charge in [-0.3, -0.25) is 0 Å². The van der Waals surface area contributed by atoms with E-state index >= 15 is 0 Å². The van der Waals surface area contributed by atoms with Crippen molar-refractivity contribution in [2.45, 2.75) is 19.8 Å². The Balaban J connectivity index is 3.38. The molecule has 0 saturated heterocycles. The van der Waals surface area contributed by atoms with Gasteiger partial charge in [-0.25, -0.2) is 4.39 Å². The van der Waals surface area contributed by atoms with Crippen molar-refractivity contribution in [3.05, 3.63) is 28.0 Å². The molecule has 1 atom stereocenters. The first-order valence-electron chi connectivity index (χ1n) is 4.75. The van der Waals surface area contributed by atoms with Crippen LogP contribution in [0.25, 0.3) is 0 Å². The number of nitrogens with two attached hydrogens (primary N) is 1. The van der Waals surface area contributed by atoms with Crippen molar-refractivity contribution < 1.29 is 9.13 Å². The fourth-order valence-electron chi connectivity index (χ4n) is 1.52. The third-order valence-electron chi connectivity index (χ3n) is 2.51. The highest BCUT2D eigenvalue weighted by Gasteiger charge is 2.18. The van der Waals surface area contributed by atoms with Gasteiger partial charge in [0.1, 0.15) is 11.6 Å². The number of ether oxygens (including phenoxy) is 1. The lowest BCUT2D eigenvalue weighted by Gasteiger charge is -2.17. The molecule has 1 aromatic rings. The molecule has 0 spiro atoms. The van der Waals surface area contributed by atoms with E-state index in [4.69, 9.17) is 22.1 Å². The Morgan fingerprint density at radius 1 is 1.60 bits per heavy atom. The first-order chi connectivity index (χ1) is 7.02. The molecular weight excluding hydrogens is 217 g/mol. The van der Waals surface area contributed by atoms with Gasteiger partial charge in [0.15, 0.2) is 0 Å². The van der Waals surface area contributed by atoms with Gasteiger partial charge < -0.3 is 10.5 Å². The molecule has 0 heterocycles. The number of rotatable bonds is 3. The van der Waals surface area contributed by atoms with Gasteiger partial charge in [0, 0.05) is 11.1 Å². The van der Waals surface area contributed by atoms with E-state index in [0.29, 0.717) is 17.9 Å². The molecule has 15 heavy (non-hydrogen) atoms. The van der Waals surface area contributed by atoms with Crippen molar-refractivity contribution >= 4 is 11.6 Å². The van der Waals surface area contributed by atoms with Crippen molar-refractivity contribution in [3.8, 4) is 5.75 Å². The summed E-state index contributed by atoms with van der Waals surface area (Å²) in [6.07, 6.45) is 0. The van der Waals surface area contributed by atoms with E-state index in [2.05, 4.69) is 0 Å². The van der Waals surface area contributed by atoms with Crippen molar-refractivity contribution in [2.24, 2.45) is 5.73 Å². The molecular formula is C11H15ClFNO. The standard InChI is InChI=1S/C11H15ClFNO/c1-6(5-14)8-4-9(12)10(13)7(2)11(8)15-3/h4,6H,5,14H2,1-3H3. The first kappa shape index (κ1) is 12.3. The van der Waals surface area contributed by atoms with E-state index in [1.165, 1.54) is 7.11 Å². The molecule has 0 aliphatic carbocycles. The molecule has 1 unspecified atom stereocenters. The summed E-state index contributed by atoms with van der Waals surface area (Å²) in [5, 5.41) is 0.114. The maximum atomic E-state index is 13.5. The van der Waals surface area contributed by atoms with Crippen LogP contribution in [0, 0.1) is 12.7 Å². The zero-order chi connectivity index (χ0) is 11.6. The quantitative estimate of drug-likeness (QED) is 0.868. The van der Waals surface area contributed by atoms with Crippen LogP contribution in [0.4, 0.5) is 4.39 Å². The lowest BCUT2D eigenvalue weighted by molar-refractivity contribution is 0.399. The maximum Gasteiger partial charge on any atom is 0.148 e. The number of halogens is 2. The lowest BCUT2D eigenvalue weighted by atomic mass is 9.97. The highest BCUT2D eigenvalue weighted by atomic mass is 35.5. The SMILES string of the molecule is COc1c(C(C)CN)cc(Cl)c(F)c1C. The molecule has 0 radical (unpaired) electrons. The number of benzene rings is 1. The Morgan fingerprint density at radius 3 is 2.67 bits per heavy atom. The predicted octanol–water partition coefficient (Wildman–Crippen LogP) is 2.86. The van der Waals surface area contributed by atoms with Crippen LogP contribution < -0.4 is 10.5 Å². The molecule has 84 valence electrons. The molecule has 4 heteroatoms. The summed E-state index contributed by atoms with van der Waals surface area (Å²) in [4.78, 5) is 0. The minimum absolute atomic E-state index is 0.0942. The van der Waals surface area contributed by atoms with Crippen molar-refractivity contribution in [1.82, 2.24) is 0 Å². The Hall–Kier alpha value is -0.800. The van der Waals surface area contributed by atoms with Crippen LogP contribution in [0.1, 0.15) is 24.0 Å². The molecule has 0 aliphatic rings. The Labute approximate surface area is 94.2 Å². The molecule has 0 aromatic heterocycles. The topological polar surface area (TPSA) is 35.2 Å². The molecule has 0 amide bonds. The van der Waals surface area contributed by atoms with Gasteiger partial charge in [-0.1, -0.05) is 18.5 Å². The van der Waals surface area contributed by atoms with E-state index in [0.717, 1.165) is 5.56 Å². The van der Waals surface area contributed by atoms with E-state index in [9.17, 15) is 4.39 Å². The smallest absolute Gasteiger partial charge is 0.148 e. The highest BCUT2D eigenvalue weighted by Crippen LogP contribution is 2.35. The first-order valence-corrected chi connectivity index (χ1v) is 5.13. The zero-order valence-corrected chi connectivity index (χ0v) is 9.86. The number of hydrogen-bond donors (Lipinski definition) is 1. The van der Waals surface area contributed by atoms with Gasteiger partial charge in [-0.2, -0.15) is 0 Å². The Kier molecular flexibility index (Phi) is 3.94. The molecule has 1 rings (SSSR count). The van der Waals surface area contributed by atoms with Crippen LogP contribution >= 0.6 is 11.6 Å². The fraction of sp³-hybridized carbons (Fsp3) is 0.455. The third-order valence-corrected chi connectivity index (χ3v) is 2.79. The Bertz CT molecular complexity index is 368. The van der Waals surface area contributed by atoms with Crippen molar-refractivity contribution in [2.75, 3.05) is 13.7 Å². The third kappa shape index (κ3) is 2.24. The van der Waals surface area contributed by atoms with Crippen LogP contribution in [0.2, 0.25) is 5.02 Å². The fourth-order valence-corrected chi connectivity index (χ4v) is 1.78. The molecule has 2 N–H and O–H groups in total. The van der Waals surface area contributed by atoms with Crippen molar-refractivity contribution in [3.63, 3.8) is 0 Å². The number of hydrogen-bond acceptors (Lipinski definition) is 2. The summed E-state index contributed by atoms with van der Waals surface area (Å²) in [6.45, 7) is 4.07.